The number of hydrogen-bond acceptors (Lipinski definition) is 2. The van der Waals surface area contributed by atoms with Gasteiger partial charge in [0.15, 0.2) is 0 Å². The largest absolute Gasteiger partial charge is 0.406 e. The third kappa shape index (κ3) is 2.15. The van der Waals surface area contributed by atoms with Crippen LogP contribution in [0.3, 0.4) is 0 Å². The Morgan fingerprint density at radius 2 is 1.11 bits per heavy atom. The maximum atomic E-state index is 3.72. The quantitative estimate of drug-likeness (QED) is 0.315. The Morgan fingerprint density at radius 3 is 1.85 bits per heavy atom. The summed E-state index contributed by atoms with van der Waals surface area (Å²) in [5.41, 5.74) is 3.64. The highest BCUT2D eigenvalue weighted by molar-refractivity contribution is 6.82. The van der Waals surface area contributed by atoms with Gasteiger partial charge in [0, 0.05) is 16.8 Å². The zero-order valence-electron chi connectivity index (χ0n) is 14.7. The van der Waals surface area contributed by atoms with Crippen molar-refractivity contribution in [3.05, 3.63) is 91.0 Å². The first-order valence-electron chi connectivity index (χ1n) is 9.34. The fraction of sp³-hybridized carbons (Fsp3) is 0. The molecular formula is C24H17BN2. The molecule has 0 radical (unpaired) electrons. The van der Waals surface area contributed by atoms with Gasteiger partial charge in [-0.25, -0.2) is 0 Å². The van der Waals surface area contributed by atoms with Gasteiger partial charge in [0.1, 0.15) is 0 Å². The highest BCUT2D eigenvalue weighted by atomic mass is 15.0. The van der Waals surface area contributed by atoms with Gasteiger partial charge in [-0.05, 0) is 44.5 Å². The minimum absolute atomic E-state index is 0.0278. The van der Waals surface area contributed by atoms with Gasteiger partial charge in [-0.1, -0.05) is 78.9 Å². The average molecular weight is 344 g/mol. The summed E-state index contributed by atoms with van der Waals surface area (Å²) in [5.74, 6) is 0. The van der Waals surface area contributed by atoms with E-state index in [0.717, 1.165) is 0 Å². The second-order valence-corrected chi connectivity index (χ2v) is 7.16. The zero-order chi connectivity index (χ0) is 17.8. The van der Waals surface area contributed by atoms with E-state index >= 15 is 0 Å². The van der Waals surface area contributed by atoms with E-state index in [4.69, 9.17) is 0 Å². The molecule has 0 aliphatic carbocycles. The van der Waals surface area contributed by atoms with Crippen molar-refractivity contribution in [2.45, 2.75) is 0 Å². The van der Waals surface area contributed by atoms with Crippen LogP contribution in [0.5, 0.6) is 0 Å². The maximum absolute atomic E-state index is 3.72. The minimum Gasteiger partial charge on any atom is -0.405 e. The van der Waals surface area contributed by atoms with E-state index in [1.165, 1.54) is 49.2 Å². The molecule has 0 bridgehead atoms. The highest BCUT2D eigenvalue weighted by Gasteiger charge is 2.27. The second-order valence-electron chi connectivity index (χ2n) is 7.16. The lowest BCUT2D eigenvalue weighted by molar-refractivity contribution is 1.61. The number of nitrogens with one attached hydrogen (secondary N) is 2. The lowest BCUT2D eigenvalue weighted by Crippen LogP contribution is -2.48. The molecule has 0 fully saturated rings. The van der Waals surface area contributed by atoms with Crippen molar-refractivity contribution in [2.24, 2.45) is 0 Å². The van der Waals surface area contributed by atoms with Crippen LogP contribution in [0.4, 0.5) is 11.4 Å². The molecule has 0 aromatic heterocycles. The molecule has 6 rings (SSSR count). The molecule has 0 unspecified atom stereocenters. The van der Waals surface area contributed by atoms with Crippen LogP contribution < -0.4 is 15.9 Å². The Balaban J connectivity index is 1.60. The first-order chi connectivity index (χ1) is 13.4. The summed E-state index contributed by atoms with van der Waals surface area (Å²) in [6, 6.07) is 32.5. The molecule has 1 heterocycles. The standard InChI is InChI=1S/C24H17BN2/c1-2-10-18-17(7-1)15-21(20-12-4-3-11-19(18)20)25-26-22-13-5-8-16-9-6-14-23(27-25)24(16)22/h1-15,26-27H. The molecule has 2 N–H and O–H groups in total. The Hall–Kier alpha value is -3.46. The van der Waals surface area contributed by atoms with E-state index in [0.29, 0.717) is 0 Å². The van der Waals surface area contributed by atoms with Gasteiger partial charge in [0.25, 0.3) is 0 Å². The summed E-state index contributed by atoms with van der Waals surface area (Å²) in [4.78, 5) is 0. The SMILES string of the molecule is c1cc2c3c(cccc3c1)NB(c1cc3ccccc3c3ccccc13)N2. The van der Waals surface area contributed by atoms with E-state index in [-0.39, 0.29) is 6.98 Å². The molecule has 0 saturated carbocycles. The first kappa shape index (κ1) is 14.7. The smallest absolute Gasteiger partial charge is 0.405 e. The Bertz CT molecular complexity index is 1300. The first-order valence-corrected chi connectivity index (χ1v) is 9.34. The summed E-state index contributed by atoms with van der Waals surface area (Å²) >= 11 is 0. The van der Waals surface area contributed by atoms with Crippen molar-refractivity contribution in [3.8, 4) is 0 Å². The number of hydrogen-bond donors (Lipinski definition) is 2. The van der Waals surface area contributed by atoms with E-state index in [1.54, 1.807) is 0 Å². The van der Waals surface area contributed by atoms with Gasteiger partial charge in [-0.15, -0.1) is 0 Å². The molecule has 126 valence electrons. The summed E-state index contributed by atoms with van der Waals surface area (Å²) < 4.78 is 0. The second kappa shape index (κ2) is 5.52. The predicted molar refractivity (Wildman–Crippen MR) is 118 cm³/mol. The molecule has 0 atom stereocenters. The van der Waals surface area contributed by atoms with Crippen LogP contribution in [0.1, 0.15) is 0 Å². The van der Waals surface area contributed by atoms with Gasteiger partial charge >= 0.3 is 6.98 Å². The van der Waals surface area contributed by atoms with Crippen LogP contribution >= 0.6 is 0 Å². The lowest BCUT2D eigenvalue weighted by Gasteiger charge is -2.28. The fourth-order valence-electron chi connectivity index (χ4n) is 4.41. The topological polar surface area (TPSA) is 24.1 Å². The van der Waals surface area contributed by atoms with Crippen molar-refractivity contribution in [1.29, 1.82) is 0 Å². The van der Waals surface area contributed by atoms with Crippen molar-refractivity contribution in [1.82, 2.24) is 0 Å². The highest BCUT2D eigenvalue weighted by Crippen LogP contribution is 2.34. The molecule has 2 nitrogen and oxygen atoms in total. The molecular weight excluding hydrogens is 327 g/mol. The van der Waals surface area contributed by atoms with Crippen molar-refractivity contribution in [2.75, 3.05) is 10.5 Å². The van der Waals surface area contributed by atoms with Crippen LogP contribution in [0.2, 0.25) is 0 Å². The van der Waals surface area contributed by atoms with Crippen LogP contribution in [0, 0.1) is 0 Å². The third-order valence-electron chi connectivity index (χ3n) is 5.62. The van der Waals surface area contributed by atoms with Crippen molar-refractivity contribution < 1.29 is 0 Å². The summed E-state index contributed by atoms with van der Waals surface area (Å²) in [7, 11) is 0. The summed E-state index contributed by atoms with van der Waals surface area (Å²) in [6.07, 6.45) is 0. The fourth-order valence-corrected chi connectivity index (χ4v) is 4.41. The summed E-state index contributed by atoms with van der Waals surface area (Å²) in [5, 5.41) is 15.1. The van der Waals surface area contributed by atoms with Crippen LogP contribution in [0.15, 0.2) is 91.0 Å². The van der Waals surface area contributed by atoms with Crippen molar-refractivity contribution in [3.63, 3.8) is 0 Å². The molecule has 1 aliphatic heterocycles. The third-order valence-corrected chi connectivity index (χ3v) is 5.62. The van der Waals surface area contributed by atoms with E-state index in [1.807, 2.05) is 0 Å². The Morgan fingerprint density at radius 1 is 0.519 bits per heavy atom. The molecule has 0 spiro atoms. The Labute approximate surface area is 157 Å². The maximum Gasteiger partial charge on any atom is 0.406 e. The molecule has 0 amide bonds. The van der Waals surface area contributed by atoms with Gasteiger partial charge in [0.2, 0.25) is 0 Å². The summed E-state index contributed by atoms with van der Waals surface area (Å²) in [6.45, 7) is 0.0278. The van der Waals surface area contributed by atoms with Gasteiger partial charge in [-0.2, -0.15) is 0 Å². The van der Waals surface area contributed by atoms with Crippen LogP contribution in [-0.4, -0.2) is 6.98 Å². The Kier molecular flexibility index (Phi) is 3.00. The zero-order valence-corrected chi connectivity index (χ0v) is 14.7. The normalized spacial score (nSPS) is 13.0. The van der Waals surface area contributed by atoms with Crippen LogP contribution in [-0.2, 0) is 0 Å². The minimum atomic E-state index is 0.0278. The predicted octanol–water partition coefficient (Wildman–Crippen LogP) is 5.38. The molecule has 1 aliphatic rings. The molecule has 5 aromatic rings. The average Bonchev–Trinajstić information content (AvgIpc) is 2.73. The van der Waals surface area contributed by atoms with Crippen LogP contribution in [0.25, 0.3) is 32.3 Å². The van der Waals surface area contributed by atoms with Gasteiger partial charge < -0.3 is 10.5 Å². The molecule has 0 saturated heterocycles. The number of fused-ring (bicyclic) bond motifs is 3. The van der Waals surface area contributed by atoms with Crippen molar-refractivity contribution >= 4 is 56.1 Å². The van der Waals surface area contributed by atoms with E-state index < -0.39 is 0 Å². The monoisotopic (exact) mass is 344 g/mol. The number of rotatable bonds is 1. The number of benzene rings is 5. The molecule has 3 heteroatoms. The molecule has 5 aromatic carbocycles. The van der Waals surface area contributed by atoms with E-state index in [2.05, 4.69) is 101 Å². The lowest BCUT2D eigenvalue weighted by atomic mass is 9.64. The molecule has 27 heavy (non-hydrogen) atoms. The van der Waals surface area contributed by atoms with E-state index in [9.17, 15) is 0 Å². The number of anilines is 2. The van der Waals surface area contributed by atoms with Gasteiger partial charge in [0.05, 0.1) is 0 Å². The van der Waals surface area contributed by atoms with Gasteiger partial charge in [-0.3, -0.25) is 0 Å².